The number of carbonyl (C=O) groups excluding carboxylic acids is 1. The zero-order valence-electron chi connectivity index (χ0n) is 19.2. The van der Waals surface area contributed by atoms with Crippen LogP contribution in [-0.2, 0) is 4.79 Å². The Morgan fingerprint density at radius 2 is 1.29 bits per heavy atom. The minimum atomic E-state index is -0.0777. The number of hydrazine groups is 1. The van der Waals surface area contributed by atoms with Gasteiger partial charge in [-0.05, 0) is 35.5 Å². The molecule has 1 aliphatic rings. The van der Waals surface area contributed by atoms with Gasteiger partial charge in [-0.1, -0.05) is 78.9 Å². The summed E-state index contributed by atoms with van der Waals surface area (Å²) in [6, 6.07) is 31.2. The van der Waals surface area contributed by atoms with E-state index in [4.69, 9.17) is 12.2 Å². The molecule has 1 saturated heterocycles. The van der Waals surface area contributed by atoms with E-state index in [0.717, 1.165) is 38.4 Å². The van der Waals surface area contributed by atoms with Gasteiger partial charge in [0, 0.05) is 44.8 Å². The van der Waals surface area contributed by atoms with Crippen molar-refractivity contribution in [3.05, 3.63) is 102 Å². The van der Waals surface area contributed by atoms with Gasteiger partial charge in [-0.3, -0.25) is 20.5 Å². The maximum Gasteiger partial charge on any atom is 0.239 e. The fourth-order valence-electron chi connectivity index (χ4n) is 4.26. The van der Waals surface area contributed by atoms with E-state index < -0.39 is 0 Å². The highest BCUT2D eigenvalue weighted by Crippen LogP contribution is 2.29. The van der Waals surface area contributed by atoms with Crippen molar-refractivity contribution in [2.45, 2.75) is 12.5 Å². The summed E-state index contributed by atoms with van der Waals surface area (Å²) in [6.07, 6.45) is 0.418. The van der Waals surface area contributed by atoms with Crippen molar-refractivity contribution in [1.82, 2.24) is 20.7 Å². The lowest BCUT2D eigenvalue weighted by Gasteiger charge is -2.39. The van der Waals surface area contributed by atoms with E-state index in [1.807, 2.05) is 30.3 Å². The van der Waals surface area contributed by atoms with Crippen LogP contribution in [0.15, 0.2) is 91.0 Å². The molecular formula is C27H31N5OS. The molecule has 3 aromatic rings. The Morgan fingerprint density at radius 3 is 1.85 bits per heavy atom. The van der Waals surface area contributed by atoms with Gasteiger partial charge in [0.05, 0.1) is 6.04 Å². The maximum absolute atomic E-state index is 12.3. The number of hydrogen-bond acceptors (Lipinski definition) is 4. The molecule has 0 bridgehead atoms. The first-order valence-electron chi connectivity index (χ1n) is 11.7. The molecule has 0 aliphatic carbocycles. The van der Waals surface area contributed by atoms with Crippen LogP contribution in [0.5, 0.6) is 0 Å². The van der Waals surface area contributed by atoms with Crippen LogP contribution in [0.1, 0.15) is 23.6 Å². The highest BCUT2D eigenvalue weighted by atomic mass is 32.1. The molecule has 34 heavy (non-hydrogen) atoms. The molecule has 6 nitrogen and oxygen atoms in total. The molecule has 1 heterocycles. The van der Waals surface area contributed by atoms with Crippen LogP contribution in [0.25, 0.3) is 0 Å². The number of piperazine rings is 1. The van der Waals surface area contributed by atoms with Gasteiger partial charge >= 0.3 is 0 Å². The summed E-state index contributed by atoms with van der Waals surface area (Å²) in [6.45, 7) is 4.51. The zero-order chi connectivity index (χ0) is 23.6. The topological polar surface area (TPSA) is 59.6 Å². The van der Waals surface area contributed by atoms with E-state index in [-0.39, 0.29) is 11.9 Å². The third-order valence-electron chi connectivity index (χ3n) is 6.00. The first kappa shape index (κ1) is 23.9. The fourth-order valence-corrected chi connectivity index (χ4v) is 4.43. The smallest absolute Gasteiger partial charge is 0.239 e. The molecule has 0 unspecified atom stereocenters. The molecule has 0 atom stereocenters. The monoisotopic (exact) mass is 473 g/mol. The second-order valence-corrected chi connectivity index (χ2v) is 8.75. The third kappa shape index (κ3) is 6.87. The van der Waals surface area contributed by atoms with Crippen LogP contribution in [0.2, 0.25) is 0 Å². The van der Waals surface area contributed by atoms with Crippen molar-refractivity contribution in [2.75, 3.05) is 38.0 Å². The lowest BCUT2D eigenvalue weighted by atomic mass is 9.96. The summed E-state index contributed by atoms with van der Waals surface area (Å²) in [4.78, 5) is 17.2. The Bertz CT molecular complexity index is 1000. The maximum atomic E-state index is 12.3. The average Bonchev–Trinajstić information content (AvgIpc) is 2.89. The van der Waals surface area contributed by atoms with Crippen LogP contribution in [0.3, 0.4) is 0 Å². The SMILES string of the molecule is O=C(CCN1CCN(C(c2ccccc2)c2ccccc2)CC1)NNC(=S)Nc1ccccc1. The molecule has 4 rings (SSSR count). The second-order valence-electron chi connectivity index (χ2n) is 8.34. The number of amides is 1. The van der Waals surface area contributed by atoms with Crippen molar-refractivity contribution in [1.29, 1.82) is 0 Å². The third-order valence-corrected chi connectivity index (χ3v) is 6.21. The van der Waals surface area contributed by atoms with Gasteiger partial charge in [0.25, 0.3) is 0 Å². The fraction of sp³-hybridized carbons (Fsp3) is 0.259. The van der Waals surface area contributed by atoms with Crippen molar-refractivity contribution in [3.63, 3.8) is 0 Å². The molecule has 0 spiro atoms. The predicted octanol–water partition coefficient (Wildman–Crippen LogP) is 3.80. The summed E-state index contributed by atoms with van der Waals surface area (Å²) in [5.74, 6) is -0.0777. The Kier molecular flexibility index (Phi) is 8.62. The van der Waals surface area contributed by atoms with Crippen LogP contribution < -0.4 is 16.2 Å². The largest absolute Gasteiger partial charge is 0.331 e. The number of carbonyl (C=O) groups is 1. The summed E-state index contributed by atoms with van der Waals surface area (Å²) >= 11 is 5.23. The molecular weight excluding hydrogens is 442 g/mol. The van der Waals surface area contributed by atoms with Crippen molar-refractivity contribution in [2.24, 2.45) is 0 Å². The number of benzene rings is 3. The number of rotatable bonds is 7. The molecule has 3 N–H and O–H groups in total. The van der Waals surface area contributed by atoms with E-state index in [1.54, 1.807) is 0 Å². The number of nitrogens with zero attached hydrogens (tertiary/aromatic N) is 2. The average molecular weight is 474 g/mol. The molecule has 1 aliphatic heterocycles. The Hall–Kier alpha value is -3.26. The Morgan fingerprint density at radius 1 is 0.765 bits per heavy atom. The molecule has 176 valence electrons. The van der Waals surface area contributed by atoms with Gasteiger partial charge < -0.3 is 10.2 Å². The number of para-hydroxylation sites is 1. The Labute approximate surface area is 206 Å². The Balaban J connectivity index is 1.22. The predicted molar refractivity (Wildman–Crippen MR) is 141 cm³/mol. The van der Waals surface area contributed by atoms with E-state index in [9.17, 15) is 4.79 Å². The molecule has 1 amide bonds. The summed E-state index contributed by atoms with van der Waals surface area (Å²) in [5.41, 5.74) is 8.95. The van der Waals surface area contributed by atoms with Crippen molar-refractivity contribution >= 4 is 28.9 Å². The molecule has 0 saturated carbocycles. The van der Waals surface area contributed by atoms with E-state index in [1.165, 1.54) is 11.1 Å². The summed E-state index contributed by atoms with van der Waals surface area (Å²) in [5, 5.41) is 3.40. The van der Waals surface area contributed by atoms with Gasteiger partial charge in [0.15, 0.2) is 5.11 Å². The molecule has 0 radical (unpaired) electrons. The quantitative estimate of drug-likeness (QED) is 0.359. The van der Waals surface area contributed by atoms with Gasteiger partial charge in [-0.25, -0.2) is 0 Å². The highest BCUT2D eigenvalue weighted by molar-refractivity contribution is 7.80. The van der Waals surface area contributed by atoms with Crippen LogP contribution in [0.4, 0.5) is 5.69 Å². The molecule has 0 aromatic heterocycles. The lowest BCUT2D eigenvalue weighted by molar-refractivity contribution is -0.122. The van der Waals surface area contributed by atoms with E-state index in [0.29, 0.717) is 11.5 Å². The molecule has 7 heteroatoms. The second kappa shape index (κ2) is 12.3. The number of anilines is 1. The molecule has 3 aromatic carbocycles. The van der Waals surface area contributed by atoms with Crippen LogP contribution in [0, 0.1) is 0 Å². The van der Waals surface area contributed by atoms with E-state index in [2.05, 4.69) is 86.6 Å². The van der Waals surface area contributed by atoms with Crippen LogP contribution in [-0.4, -0.2) is 53.5 Å². The first-order chi connectivity index (χ1) is 16.7. The first-order valence-corrected chi connectivity index (χ1v) is 12.1. The van der Waals surface area contributed by atoms with Crippen molar-refractivity contribution < 1.29 is 4.79 Å². The van der Waals surface area contributed by atoms with Gasteiger partial charge in [0.2, 0.25) is 5.91 Å². The standard InChI is InChI=1S/C27H31N5OS/c33-25(29-30-27(34)28-24-14-8-3-9-15-24)16-17-31-18-20-32(21-19-31)26(22-10-4-1-5-11-22)23-12-6-2-7-13-23/h1-15,26H,16-21H2,(H,29,33)(H2,28,30,34). The number of thiocarbonyl (C=S) groups is 1. The van der Waals surface area contributed by atoms with Crippen LogP contribution >= 0.6 is 12.2 Å². The zero-order valence-corrected chi connectivity index (χ0v) is 20.0. The summed E-state index contributed by atoms with van der Waals surface area (Å²) < 4.78 is 0. The minimum absolute atomic E-state index is 0.0777. The lowest BCUT2D eigenvalue weighted by Crippen LogP contribution is -2.49. The van der Waals surface area contributed by atoms with Gasteiger partial charge in [-0.2, -0.15) is 0 Å². The number of hydrogen-bond donors (Lipinski definition) is 3. The minimum Gasteiger partial charge on any atom is -0.331 e. The van der Waals surface area contributed by atoms with Gasteiger partial charge in [0.1, 0.15) is 0 Å². The normalized spacial score (nSPS) is 14.5. The van der Waals surface area contributed by atoms with E-state index >= 15 is 0 Å². The van der Waals surface area contributed by atoms with Crippen molar-refractivity contribution in [3.8, 4) is 0 Å². The molecule has 1 fully saturated rings. The summed E-state index contributed by atoms with van der Waals surface area (Å²) in [7, 11) is 0. The highest BCUT2D eigenvalue weighted by Gasteiger charge is 2.26. The number of nitrogens with one attached hydrogen (secondary N) is 3. The van der Waals surface area contributed by atoms with Gasteiger partial charge in [-0.15, -0.1) is 0 Å².